The summed E-state index contributed by atoms with van der Waals surface area (Å²) in [5.74, 6) is -1.07. The summed E-state index contributed by atoms with van der Waals surface area (Å²) in [7, 11) is 1.82. The SMILES string of the molecule is Cc1nn(C)c(C)c1CC(=O)N[C@H](CC(C)C)C(=O)O. The number of aliphatic carboxylic acids is 1. The molecule has 0 unspecified atom stereocenters. The molecular formula is C14H23N3O3. The summed E-state index contributed by atoms with van der Waals surface area (Å²) in [5, 5.41) is 16.0. The molecule has 0 bridgehead atoms. The van der Waals surface area contributed by atoms with Gasteiger partial charge in [0.25, 0.3) is 0 Å². The van der Waals surface area contributed by atoms with Crippen LogP contribution in [0.4, 0.5) is 0 Å². The Morgan fingerprint density at radius 1 is 1.35 bits per heavy atom. The molecule has 6 nitrogen and oxygen atoms in total. The summed E-state index contributed by atoms with van der Waals surface area (Å²) in [5.41, 5.74) is 2.59. The number of amides is 1. The molecule has 6 heteroatoms. The monoisotopic (exact) mass is 281 g/mol. The zero-order chi connectivity index (χ0) is 15.4. The summed E-state index contributed by atoms with van der Waals surface area (Å²) in [4.78, 5) is 23.1. The summed E-state index contributed by atoms with van der Waals surface area (Å²) >= 11 is 0. The lowest BCUT2D eigenvalue weighted by Gasteiger charge is -2.16. The first kappa shape index (κ1) is 16.2. The third kappa shape index (κ3) is 4.08. The Morgan fingerprint density at radius 2 is 1.95 bits per heavy atom. The van der Waals surface area contributed by atoms with Crippen LogP contribution in [0.3, 0.4) is 0 Å². The van der Waals surface area contributed by atoms with Gasteiger partial charge in [-0.15, -0.1) is 0 Å². The molecule has 20 heavy (non-hydrogen) atoms. The smallest absolute Gasteiger partial charge is 0.326 e. The molecule has 0 aromatic carbocycles. The lowest BCUT2D eigenvalue weighted by Crippen LogP contribution is -2.42. The minimum atomic E-state index is -0.994. The van der Waals surface area contributed by atoms with E-state index in [1.165, 1.54) is 0 Å². The molecule has 1 amide bonds. The molecule has 0 aliphatic rings. The molecule has 0 spiro atoms. The van der Waals surface area contributed by atoms with Crippen molar-refractivity contribution in [1.29, 1.82) is 0 Å². The average molecular weight is 281 g/mol. The topological polar surface area (TPSA) is 84.2 Å². The Labute approximate surface area is 119 Å². The molecule has 1 aromatic rings. The molecule has 1 atom stereocenters. The van der Waals surface area contributed by atoms with Gasteiger partial charge in [-0.1, -0.05) is 13.8 Å². The Morgan fingerprint density at radius 3 is 2.35 bits per heavy atom. The number of nitrogens with one attached hydrogen (secondary N) is 1. The van der Waals surface area contributed by atoms with Crippen LogP contribution in [0.25, 0.3) is 0 Å². The van der Waals surface area contributed by atoms with Crippen LogP contribution in [0, 0.1) is 19.8 Å². The summed E-state index contributed by atoms with van der Waals surface area (Å²) in [6.07, 6.45) is 0.583. The van der Waals surface area contributed by atoms with E-state index >= 15 is 0 Å². The van der Waals surface area contributed by atoms with Gasteiger partial charge >= 0.3 is 5.97 Å². The number of carboxylic acids is 1. The number of aromatic nitrogens is 2. The third-order valence-electron chi connectivity index (χ3n) is 3.34. The number of carbonyl (C=O) groups is 2. The molecule has 0 fully saturated rings. The fourth-order valence-corrected chi connectivity index (χ4v) is 2.17. The van der Waals surface area contributed by atoms with E-state index in [4.69, 9.17) is 5.11 Å². The van der Waals surface area contributed by atoms with Gasteiger partial charge in [0.15, 0.2) is 0 Å². The standard InChI is InChI=1S/C14H23N3O3/c1-8(2)6-12(14(19)20)15-13(18)7-11-9(3)16-17(5)10(11)4/h8,12H,6-7H2,1-5H3,(H,15,18)(H,19,20)/t12-/m1/s1. The van der Waals surface area contributed by atoms with Gasteiger partial charge in [0.1, 0.15) is 6.04 Å². The highest BCUT2D eigenvalue weighted by Gasteiger charge is 2.22. The Hall–Kier alpha value is -1.85. The fraction of sp³-hybridized carbons (Fsp3) is 0.643. The Balaban J connectivity index is 2.73. The number of carbonyl (C=O) groups excluding carboxylic acids is 1. The van der Waals surface area contributed by atoms with Crippen LogP contribution in [0.5, 0.6) is 0 Å². The second-order valence-electron chi connectivity index (χ2n) is 5.54. The molecule has 2 N–H and O–H groups in total. The number of aryl methyl sites for hydroxylation is 2. The van der Waals surface area contributed by atoms with Crippen molar-refractivity contribution < 1.29 is 14.7 Å². The van der Waals surface area contributed by atoms with E-state index in [1.54, 1.807) is 4.68 Å². The van der Waals surface area contributed by atoms with E-state index in [1.807, 2.05) is 34.7 Å². The zero-order valence-corrected chi connectivity index (χ0v) is 12.7. The molecule has 0 saturated carbocycles. The molecule has 0 aliphatic carbocycles. The van der Waals surface area contributed by atoms with Gasteiger partial charge in [0, 0.05) is 18.3 Å². The lowest BCUT2D eigenvalue weighted by atomic mass is 10.0. The van der Waals surface area contributed by atoms with E-state index in [0.717, 1.165) is 17.0 Å². The third-order valence-corrected chi connectivity index (χ3v) is 3.34. The maximum atomic E-state index is 12.0. The van der Waals surface area contributed by atoms with Gasteiger partial charge in [-0.2, -0.15) is 5.10 Å². The Kier molecular flexibility index (Phi) is 5.30. The maximum Gasteiger partial charge on any atom is 0.326 e. The molecule has 1 heterocycles. The quantitative estimate of drug-likeness (QED) is 0.820. The van der Waals surface area contributed by atoms with E-state index in [9.17, 15) is 9.59 Å². The van der Waals surface area contributed by atoms with Crippen molar-refractivity contribution in [1.82, 2.24) is 15.1 Å². The minimum Gasteiger partial charge on any atom is -0.480 e. The first-order valence-corrected chi connectivity index (χ1v) is 6.73. The van der Waals surface area contributed by atoms with Crippen LogP contribution in [0.2, 0.25) is 0 Å². The van der Waals surface area contributed by atoms with Gasteiger partial charge in [0.05, 0.1) is 12.1 Å². The predicted octanol–water partition coefficient (Wildman–Crippen LogP) is 1.19. The molecule has 1 rings (SSSR count). The van der Waals surface area contributed by atoms with Gasteiger partial charge in [-0.25, -0.2) is 4.79 Å². The molecular weight excluding hydrogens is 258 g/mol. The highest BCUT2D eigenvalue weighted by Crippen LogP contribution is 2.13. The zero-order valence-electron chi connectivity index (χ0n) is 12.7. The summed E-state index contributed by atoms with van der Waals surface area (Å²) in [6.45, 7) is 7.60. The Bertz CT molecular complexity index is 506. The van der Waals surface area contributed by atoms with Crippen LogP contribution in [0.15, 0.2) is 0 Å². The molecule has 112 valence electrons. The first-order valence-electron chi connectivity index (χ1n) is 6.73. The highest BCUT2D eigenvalue weighted by molar-refractivity contribution is 5.85. The van der Waals surface area contributed by atoms with Crippen LogP contribution < -0.4 is 5.32 Å². The molecule has 0 saturated heterocycles. The number of nitrogens with zero attached hydrogens (tertiary/aromatic N) is 2. The highest BCUT2D eigenvalue weighted by atomic mass is 16.4. The molecule has 0 radical (unpaired) electrons. The van der Waals surface area contributed by atoms with E-state index in [-0.39, 0.29) is 18.2 Å². The normalized spacial score (nSPS) is 12.5. The lowest BCUT2D eigenvalue weighted by molar-refractivity contribution is -0.142. The van der Waals surface area contributed by atoms with Gasteiger partial charge in [-0.3, -0.25) is 9.48 Å². The fourth-order valence-electron chi connectivity index (χ4n) is 2.17. The van der Waals surface area contributed by atoms with Crippen molar-refractivity contribution >= 4 is 11.9 Å². The van der Waals surface area contributed by atoms with Crippen LogP contribution in [0.1, 0.15) is 37.2 Å². The number of hydrogen-bond acceptors (Lipinski definition) is 3. The summed E-state index contributed by atoms with van der Waals surface area (Å²) < 4.78 is 1.72. The summed E-state index contributed by atoms with van der Waals surface area (Å²) in [6, 6.07) is -0.834. The van der Waals surface area contributed by atoms with Crippen molar-refractivity contribution in [3.63, 3.8) is 0 Å². The minimum absolute atomic E-state index is 0.160. The first-order chi connectivity index (χ1) is 9.22. The van der Waals surface area contributed by atoms with E-state index in [2.05, 4.69) is 10.4 Å². The van der Waals surface area contributed by atoms with Crippen LogP contribution in [-0.4, -0.2) is 32.8 Å². The second kappa shape index (κ2) is 6.54. The van der Waals surface area contributed by atoms with Crippen molar-refractivity contribution in [3.05, 3.63) is 17.0 Å². The molecule has 0 aliphatic heterocycles. The van der Waals surface area contributed by atoms with Crippen molar-refractivity contribution in [2.45, 2.75) is 46.6 Å². The number of carboxylic acid groups (broad SMARTS) is 1. The van der Waals surface area contributed by atoms with Gasteiger partial charge in [-0.05, 0) is 26.2 Å². The van der Waals surface area contributed by atoms with E-state index < -0.39 is 12.0 Å². The van der Waals surface area contributed by atoms with Gasteiger partial charge < -0.3 is 10.4 Å². The number of hydrogen-bond donors (Lipinski definition) is 2. The van der Waals surface area contributed by atoms with Crippen molar-refractivity contribution in [3.8, 4) is 0 Å². The van der Waals surface area contributed by atoms with Crippen LogP contribution in [-0.2, 0) is 23.1 Å². The van der Waals surface area contributed by atoms with Crippen LogP contribution >= 0.6 is 0 Å². The average Bonchev–Trinajstić information content (AvgIpc) is 2.54. The maximum absolute atomic E-state index is 12.0. The van der Waals surface area contributed by atoms with Crippen molar-refractivity contribution in [2.75, 3.05) is 0 Å². The largest absolute Gasteiger partial charge is 0.480 e. The molecule has 1 aromatic heterocycles. The predicted molar refractivity (Wildman–Crippen MR) is 75.4 cm³/mol. The number of rotatable bonds is 6. The van der Waals surface area contributed by atoms with Crippen molar-refractivity contribution in [2.24, 2.45) is 13.0 Å². The second-order valence-corrected chi connectivity index (χ2v) is 5.54. The van der Waals surface area contributed by atoms with Gasteiger partial charge in [0.2, 0.25) is 5.91 Å². The van der Waals surface area contributed by atoms with E-state index in [0.29, 0.717) is 6.42 Å².